The Morgan fingerprint density at radius 2 is 1.82 bits per heavy atom. The van der Waals surface area contributed by atoms with Crippen LogP contribution in [0.2, 0.25) is 0 Å². The maximum Gasteiger partial charge on any atom is 0.281 e. The van der Waals surface area contributed by atoms with Crippen molar-refractivity contribution in [2.24, 2.45) is 0 Å². The number of methoxy groups -OCH3 is 1. The minimum Gasteiger partial charge on any atom is -0.497 e. The van der Waals surface area contributed by atoms with E-state index in [-0.39, 0.29) is 12.4 Å². The van der Waals surface area contributed by atoms with Gasteiger partial charge in [-0.25, -0.2) is 0 Å². The molecule has 1 unspecified atom stereocenters. The summed E-state index contributed by atoms with van der Waals surface area (Å²) >= 11 is 3.44. The van der Waals surface area contributed by atoms with Crippen molar-refractivity contribution in [2.45, 2.75) is 12.3 Å². The number of carbonyl (C=O) groups excluding carboxylic acids is 1. The highest BCUT2D eigenvalue weighted by Crippen LogP contribution is 2.41. The molecule has 1 amide bonds. The zero-order valence-electron chi connectivity index (χ0n) is 17.7. The molecular weight excluding hydrogens is 486 g/mol. The Hall–Kier alpha value is -3.39. The smallest absolute Gasteiger partial charge is 0.281 e. The van der Waals surface area contributed by atoms with Gasteiger partial charge in [-0.2, -0.15) is 5.06 Å². The van der Waals surface area contributed by atoms with Crippen molar-refractivity contribution < 1.29 is 23.9 Å². The minimum absolute atomic E-state index is 0.0673. The van der Waals surface area contributed by atoms with E-state index < -0.39 is 11.6 Å². The van der Waals surface area contributed by atoms with Gasteiger partial charge < -0.3 is 14.3 Å². The number of benzene rings is 3. The average Bonchev–Trinajstić information content (AvgIpc) is 3.38. The molecule has 2 heterocycles. The third kappa shape index (κ3) is 3.95. The molecule has 0 radical (unpaired) electrons. The number of halogens is 1. The molecular formula is C26H20BrNO5. The highest BCUT2D eigenvalue weighted by molar-refractivity contribution is 9.10. The van der Waals surface area contributed by atoms with Gasteiger partial charge in [-0.1, -0.05) is 58.4 Å². The lowest BCUT2D eigenvalue weighted by Crippen LogP contribution is -2.43. The van der Waals surface area contributed by atoms with Crippen LogP contribution < -0.4 is 4.74 Å². The molecule has 0 spiro atoms. The number of carbonyl (C=O) groups is 1. The van der Waals surface area contributed by atoms with Gasteiger partial charge in [0.2, 0.25) is 5.72 Å². The van der Waals surface area contributed by atoms with Crippen LogP contribution in [0.25, 0.3) is 16.5 Å². The fourth-order valence-corrected chi connectivity index (χ4v) is 4.20. The van der Waals surface area contributed by atoms with Crippen LogP contribution in [0.5, 0.6) is 5.75 Å². The summed E-state index contributed by atoms with van der Waals surface area (Å²) in [4.78, 5) is 19.3. The molecule has 0 saturated carbocycles. The number of nitrogens with zero attached hydrogens (tertiary/aromatic N) is 1. The lowest BCUT2D eigenvalue weighted by atomic mass is 10.0. The maximum absolute atomic E-state index is 13.4. The van der Waals surface area contributed by atoms with Gasteiger partial charge in [0.05, 0.1) is 12.7 Å². The monoisotopic (exact) mass is 505 g/mol. The predicted octanol–water partition coefficient (Wildman–Crippen LogP) is 5.41. The SMILES string of the molecule is COc1ccc(CON2C(=O)C(c3cccc(Br)c3)=CC2(O)c2cc3ccccc3o2)cc1. The van der Waals surface area contributed by atoms with E-state index in [4.69, 9.17) is 14.0 Å². The van der Waals surface area contributed by atoms with E-state index in [9.17, 15) is 9.90 Å². The van der Waals surface area contributed by atoms with Crippen molar-refractivity contribution in [3.63, 3.8) is 0 Å². The number of hydroxylamine groups is 2. The lowest BCUT2D eigenvalue weighted by molar-refractivity contribution is -0.267. The number of para-hydroxylation sites is 1. The largest absolute Gasteiger partial charge is 0.497 e. The van der Waals surface area contributed by atoms with Crippen molar-refractivity contribution in [2.75, 3.05) is 7.11 Å². The molecule has 5 rings (SSSR count). The molecule has 33 heavy (non-hydrogen) atoms. The molecule has 1 atom stereocenters. The zero-order chi connectivity index (χ0) is 23.0. The van der Waals surface area contributed by atoms with Crippen LogP contribution in [0.1, 0.15) is 16.9 Å². The Bertz CT molecular complexity index is 1330. The van der Waals surface area contributed by atoms with E-state index in [1.54, 1.807) is 37.4 Å². The van der Waals surface area contributed by atoms with Gasteiger partial charge in [0.1, 0.15) is 17.9 Å². The van der Waals surface area contributed by atoms with Gasteiger partial charge in [-0.3, -0.25) is 9.63 Å². The fraction of sp³-hybridized carbons (Fsp3) is 0.115. The molecule has 166 valence electrons. The first-order chi connectivity index (χ1) is 16.0. The topological polar surface area (TPSA) is 72.1 Å². The molecule has 1 aliphatic heterocycles. The van der Waals surface area contributed by atoms with Crippen LogP contribution >= 0.6 is 15.9 Å². The van der Waals surface area contributed by atoms with Crippen LogP contribution in [0.3, 0.4) is 0 Å². The molecule has 0 aliphatic carbocycles. The van der Waals surface area contributed by atoms with E-state index in [1.165, 1.54) is 6.08 Å². The zero-order valence-corrected chi connectivity index (χ0v) is 19.3. The number of hydrogen-bond donors (Lipinski definition) is 1. The Kier molecular flexibility index (Phi) is 5.54. The summed E-state index contributed by atoms with van der Waals surface area (Å²) in [5, 5.41) is 13.5. The summed E-state index contributed by atoms with van der Waals surface area (Å²) < 4.78 is 11.9. The van der Waals surface area contributed by atoms with Crippen molar-refractivity contribution in [1.29, 1.82) is 0 Å². The molecule has 0 saturated heterocycles. The van der Waals surface area contributed by atoms with Crippen molar-refractivity contribution in [3.8, 4) is 5.75 Å². The molecule has 1 N–H and O–H groups in total. The number of hydrogen-bond acceptors (Lipinski definition) is 5. The predicted molar refractivity (Wildman–Crippen MR) is 127 cm³/mol. The standard InChI is InChI=1S/C26H20BrNO5/c1-31-21-11-9-17(10-12-21)16-32-28-25(29)22(18-6-4-7-20(27)13-18)15-26(28,30)24-14-19-5-2-3-8-23(19)33-24/h2-15,30H,16H2,1H3. The van der Waals surface area contributed by atoms with Gasteiger partial charge in [0.15, 0.2) is 5.76 Å². The van der Waals surface area contributed by atoms with E-state index in [0.29, 0.717) is 22.5 Å². The van der Waals surface area contributed by atoms with Gasteiger partial charge in [0, 0.05) is 9.86 Å². The third-order valence-corrected chi connectivity index (χ3v) is 6.01. The first kappa shape index (κ1) is 21.5. The average molecular weight is 506 g/mol. The highest BCUT2D eigenvalue weighted by Gasteiger charge is 2.49. The molecule has 6 nitrogen and oxygen atoms in total. The molecule has 4 aromatic rings. The van der Waals surface area contributed by atoms with Gasteiger partial charge in [0.25, 0.3) is 5.91 Å². The third-order valence-electron chi connectivity index (χ3n) is 5.51. The summed E-state index contributed by atoms with van der Waals surface area (Å²) in [6.45, 7) is 0.0673. The molecule has 7 heteroatoms. The van der Waals surface area contributed by atoms with Crippen LogP contribution in [0, 0.1) is 0 Å². The van der Waals surface area contributed by atoms with E-state index in [1.807, 2.05) is 48.5 Å². The first-order valence-corrected chi connectivity index (χ1v) is 11.1. The van der Waals surface area contributed by atoms with Crippen LogP contribution in [0.4, 0.5) is 0 Å². The van der Waals surface area contributed by atoms with Crippen molar-refractivity contribution >= 4 is 38.4 Å². The summed E-state index contributed by atoms with van der Waals surface area (Å²) in [7, 11) is 1.59. The normalized spacial score (nSPS) is 18.1. The van der Waals surface area contributed by atoms with Crippen LogP contribution in [-0.4, -0.2) is 23.2 Å². The Morgan fingerprint density at radius 3 is 2.55 bits per heavy atom. The number of amides is 1. The number of aliphatic hydroxyl groups is 1. The molecule has 3 aromatic carbocycles. The summed E-state index contributed by atoms with van der Waals surface area (Å²) in [5.41, 5.74) is 0.466. The quantitative estimate of drug-likeness (QED) is 0.379. The highest BCUT2D eigenvalue weighted by atomic mass is 79.9. The second kappa shape index (κ2) is 8.51. The molecule has 1 aromatic heterocycles. The number of fused-ring (bicyclic) bond motifs is 1. The fourth-order valence-electron chi connectivity index (χ4n) is 3.80. The molecule has 0 bridgehead atoms. The number of ether oxygens (including phenoxy) is 1. The first-order valence-electron chi connectivity index (χ1n) is 10.3. The Balaban J connectivity index is 1.53. The van der Waals surface area contributed by atoms with E-state index in [0.717, 1.165) is 20.5 Å². The second-order valence-electron chi connectivity index (χ2n) is 7.66. The van der Waals surface area contributed by atoms with Crippen molar-refractivity contribution in [3.05, 3.63) is 106 Å². The van der Waals surface area contributed by atoms with Crippen molar-refractivity contribution in [1.82, 2.24) is 5.06 Å². The van der Waals surface area contributed by atoms with Gasteiger partial charge in [-0.05, 0) is 53.6 Å². The maximum atomic E-state index is 13.4. The van der Waals surface area contributed by atoms with Crippen LogP contribution in [0.15, 0.2) is 93.8 Å². The van der Waals surface area contributed by atoms with Gasteiger partial charge in [-0.15, -0.1) is 0 Å². The summed E-state index contributed by atoms with van der Waals surface area (Å²) in [5.74, 6) is 0.440. The van der Waals surface area contributed by atoms with Gasteiger partial charge >= 0.3 is 0 Å². The Morgan fingerprint density at radius 1 is 1.03 bits per heavy atom. The van der Waals surface area contributed by atoms with Crippen LogP contribution in [-0.2, 0) is 22.0 Å². The lowest BCUT2D eigenvalue weighted by Gasteiger charge is -2.29. The summed E-state index contributed by atoms with van der Waals surface area (Å²) in [6.07, 6.45) is 1.48. The number of furan rings is 1. The Labute approximate surface area is 198 Å². The van der Waals surface area contributed by atoms with E-state index >= 15 is 0 Å². The number of rotatable bonds is 6. The molecule has 1 aliphatic rings. The summed E-state index contributed by atoms with van der Waals surface area (Å²) in [6, 6.07) is 23.7. The van der Waals surface area contributed by atoms with E-state index in [2.05, 4.69) is 15.9 Å². The second-order valence-corrected chi connectivity index (χ2v) is 8.58. The molecule has 0 fully saturated rings. The minimum atomic E-state index is -1.92.